The highest BCUT2D eigenvalue weighted by Gasteiger charge is 2.42. The van der Waals surface area contributed by atoms with Crippen LogP contribution in [-0.2, 0) is 6.42 Å². The van der Waals surface area contributed by atoms with Gasteiger partial charge < -0.3 is 9.84 Å². The van der Waals surface area contributed by atoms with Crippen LogP contribution in [-0.4, -0.2) is 17.8 Å². The first-order chi connectivity index (χ1) is 7.47. The number of methoxy groups -OCH3 is 1. The second-order valence-electron chi connectivity index (χ2n) is 4.07. The molecule has 5 heteroatoms. The van der Waals surface area contributed by atoms with Crippen LogP contribution in [0, 0.1) is 11.6 Å². The van der Waals surface area contributed by atoms with Crippen molar-refractivity contribution in [3.63, 3.8) is 0 Å². The minimum Gasteiger partial charge on any atom is -0.493 e. The van der Waals surface area contributed by atoms with Gasteiger partial charge in [0.1, 0.15) is 5.82 Å². The number of halogens is 3. The first-order valence-electron chi connectivity index (χ1n) is 4.89. The lowest BCUT2D eigenvalue weighted by Gasteiger charge is -2.14. The molecule has 0 aliphatic heterocycles. The Morgan fingerprint density at radius 2 is 2.12 bits per heavy atom. The average molecular weight is 249 g/mol. The summed E-state index contributed by atoms with van der Waals surface area (Å²) in [5.41, 5.74) is -0.918. The summed E-state index contributed by atoms with van der Waals surface area (Å²) < 4.78 is 31.9. The van der Waals surface area contributed by atoms with E-state index in [0.717, 1.165) is 6.07 Å². The molecule has 0 radical (unpaired) electrons. The lowest BCUT2D eigenvalue weighted by atomic mass is 10.0. The van der Waals surface area contributed by atoms with Gasteiger partial charge in [0.2, 0.25) is 0 Å². The molecule has 2 nitrogen and oxygen atoms in total. The molecule has 1 saturated carbocycles. The van der Waals surface area contributed by atoms with E-state index in [0.29, 0.717) is 12.8 Å². The van der Waals surface area contributed by atoms with E-state index in [4.69, 9.17) is 16.3 Å². The fourth-order valence-electron chi connectivity index (χ4n) is 1.66. The summed E-state index contributed by atoms with van der Waals surface area (Å²) in [6.45, 7) is 0. The predicted molar refractivity (Wildman–Crippen MR) is 55.8 cm³/mol. The van der Waals surface area contributed by atoms with E-state index in [-0.39, 0.29) is 22.8 Å². The molecule has 1 N–H and O–H groups in total. The molecule has 0 unspecified atom stereocenters. The van der Waals surface area contributed by atoms with E-state index >= 15 is 0 Å². The van der Waals surface area contributed by atoms with Crippen LogP contribution in [0.1, 0.15) is 18.4 Å². The molecule has 0 bridgehead atoms. The Hall–Kier alpha value is -0.870. The van der Waals surface area contributed by atoms with Gasteiger partial charge in [-0.3, -0.25) is 0 Å². The van der Waals surface area contributed by atoms with Gasteiger partial charge in [0.05, 0.1) is 17.7 Å². The molecule has 0 saturated heterocycles. The molecule has 1 aliphatic rings. The Balaban J connectivity index is 2.47. The van der Waals surface area contributed by atoms with E-state index in [1.54, 1.807) is 0 Å². The van der Waals surface area contributed by atoms with Crippen LogP contribution in [0.15, 0.2) is 6.07 Å². The maximum absolute atomic E-state index is 13.7. The SMILES string of the molecule is COc1c(F)cc(Cl)c(F)c1CC1(O)CC1. The first kappa shape index (κ1) is 11.6. The van der Waals surface area contributed by atoms with Crippen LogP contribution < -0.4 is 4.74 Å². The zero-order valence-electron chi connectivity index (χ0n) is 8.69. The molecule has 1 aromatic carbocycles. The maximum Gasteiger partial charge on any atom is 0.167 e. The van der Waals surface area contributed by atoms with Crippen LogP contribution in [0.25, 0.3) is 0 Å². The number of rotatable bonds is 3. The van der Waals surface area contributed by atoms with Gasteiger partial charge in [0.25, 0.3) is 0 Å². The highest BCUT2D eigenvalue weighted by atomic mass is 35.5. The lowest BCUT2D eigenvalue weighted by Crippen LogP contribution is -2.14. The van der Waals surface area contributed by atoms with Gasteiger partial charge in [-0.05, 0) is 18.9 Å². The van der Waals surface area contributed by atoms with Crippen molar-refractivity contribution in [2.75, 3.05) is 7.11 Å². The summed E-state index contributed by atoms with van der Waals surface area (Å²) in [5, 5.41) is 9.43. The molecule has 16 heavy (non-hydrogen) atoms. The smallest absolute Gasteiger partial charge is 0.167 e. The largest absolute Gasteiger partial charge is 0.493 e. The fraction of sp³-hybridized carbons (Fsp3) is 0.455. The fourth-order valence-corrected chi connectivity index (χ4v) is 1.87. The first-order valence-corrected chi connectivity index (χ1v) is 5.27. The summed E-state index contributed by atoms with van der Waals surface area (Å²) in [7, 11) is 1.26. The van der Waals surface area contributed by atoms with Gasteiger partial charge in [0.15, 0.2) is 11.6 Å². The van der Waals surface area contributed by atoms with Crippen LogP contribution >= 0.6 is 11.6 Å². The molecule has 0 heterocycles. The second kappa shape index (κ2) is 3.86. The van der Waals surface area contributed by atoms with E-state index in [1.807, 2.05) is 0 Å². The van der Waals surface area contributed by atoms with Crippen molar-refractivity contribution >= 4 is 11.6 Å². The maximum atomic E-state index is 13.7. The monoisotopic (exact) mass is 248 g/mol. The number of hydrogen-bond donors (Lipinski definition) is 1. The molecule has 0 spiro atoms. The Morgan fingerprint density at radius 3 is 2.62 bits per heavy atom. The number of hydrogen-bond acceptors (Lipinski definition) is 2. The molecule has 1 fully saturated rings. The molecule has 88 valence electrons. The van der Waals surface area contributed by atoms with Crippen molar-refractivity contribution in [2.24, 2.45) is 0 Å². The molecule has 0 atom stereocenters. The standard InChI is InChI=1S/C11H11ClF2O2/c1-16-10-6(5-11(15)2-3-11)9(14)7(12)4-8(10)13/h4,15H,2-3,5H2,1H3. The Kier molecular flexibility index (Phi) is 2.80. The van der Waals surface area contributed by atoms with Gasteiger partial charge in [0, 0.05) is 12.0 Å². The summed E-state index contributed by atoms with van der Waals surface area (Å²) in [6.07, 6.45) is 1.20. The topological polar surface area (TPSA) is 29.5 Å². The molecule has 1 aromatic rings. The van der Waals surface area contributed by atoms with Crippen molar-refractivity contribution in [1.82, 2.24) is 0 Å². The molecule has 2 rings (SSSR count). The van der Waals surface area contributed by atoms with Crippen molar-refractivity contribution in [2.45, 2.75) is 24.9 Å². The minimum absolute atomic E-state index is 0.00694. The summed E-state index contributed by atoms with van der Waals surface area (Å²) >= 11 is 5.55. The highest BCUT2D eigenvalue weighted by molar-refractivity contribution is 6.30. The Labute approximate surface area is 96.8 Å². The highest BCUT2D eigenvalue weighted by Crippen LogP contribution is 2.42. The van der Waals surface area contributed by atoms with Crippen molar-refractivity contribution in [3.05, 3.63) is 28.3 Å². The zero-order chi connectivity index (χ0) is 11.9. The van der Waals surface area contributed by atoms with Crippen molar-refractivity contribution < 1.29 is 18.6 Å². The third-order valence-electron chi connectivity index (χ3n) is 2.76. The van der Waals surface area contributed by atoms with Gasteiger partial charge in [-0.15, -0.1) is 0 Å². The minimum atomic E-state index is -0.925. The van der Waals surface area contributed by atoms with Gasteiger partial charge >= 0.3 is 0 Å². The van der Waals surface area contributed by atoms with Gasteiger partial charge in [-0.2, -0.15) is 0 Å². The Bertz CT molecular complexity index is 430. The second-order valence-corrected chi connectivity index (χ2v) is 4.47. The summed E-state index contributed by atoms with van der Waals surface area (Å²) in [6, 6.07) is 0.871. The molecular weight excluding hydrogens is 238 g/mol. The average Bonchev–Trinajstić information content (AvgIpc) is 2.93. The van der Waals surface area contributed by atoms with Crippen LogP contribution in [0.3, 0.4) is 0 Å². The van der Waals surface area contributed by atoms with Crippen molar-refractivity contribution in [1.29, 1.82) is 0 Å². The van der Waals surface area contributed by atoms with Crippen LogP contribution in [0.2, 0.25) is 5.02 Å². The third-order valence-corrected chi connectivity index (χ3v) is 3.03. The summed E-state index contributed by atoms with van der Waals surface area (Å²) in [4.78, 5) is 0. The third kappa shape index (κ3) is 1.99. The molecule has 1 aliphatic carbocycles. The lowest BCUT2D eigenvalue weighted by molar-refractivity contribution is 0.148. The zero-order valence-corrected chi connectivity index (χ0v) is 9.44. The number of benzene rings is 1. The Morgan fingerprint density at radius 1 is 1.50 bits per heavy atom. The van der Waals surface area contributed by atoms with E-state index in [9.17, 15) is 13.9 Å². The van der Waals surface area contributed by atoms with E-state index in [1.165, 1.54) is 7.11 Å². The molecule has 0 amide bonds. The van der Waals surface area contributed by atoms with E-state index < -0.39 is 17.2 Å². The van der Waals surface area contributed by atoms with Gasteiger partial charge in [-0.25, -0.2) is 8.78 Å². The number of ether oxygens (including phenoxy) is 1. The van der Waals surface area contributed by atoms with E-state index in [2.05, 4.69) is 0 Å². The van der Waals surface area contributed by atoms with Crippen LogP contribution in [0.4, 0.5) is 8.78 Å². The molecular formula is C11H11ClF2O2. The summed E-state index contributed by atoms with van der Waals surface area (Å²) in [5.74, 6) is -1.62. The quantitative estimate of drug-likeness (QED) is 0.834. The number of aliphatic hydroxyl groups is 1. The van der Waals surface area contributed by atoms with Gasteiger partial charge in [-0.1, -0.05) is 11.6 Å². The van der Waals surface area contributed by atoms with Crippen molar-refractivity contribution in [3.8, 4) is 5.75 Å². The predicted octanol–water partition coefficient (Wildman–Crippen LogP) is 2.69. The molecule has 0 aromatic heterocycles. The normalized spacial score (nSPS) is 17.3. The van der Waals surface area contributed by atoms with Crippen LogP contribution in [0.5, 0.6) is 5.75 Å².